The summed E-state index contributed by atoms with van der Waals surface area (Å²) in [5, 5.41) is 3.42. The summed E-state index contributed by atoms with van der Waals surface area (Å²) in [5.74, 6) is 0.773. The number of aromatic amines is 1. The van der Waals surface area contributed by atoms with Crippen molar-refractivity contribution in [1.82, 2.24) is 9.97 Å². The molecule has 3 aromatic heterocycles. The van der Waals surface area contributed by atoms with Crippen LogP contribution in [0.15, 0.2) is 27.5 Å². The topological polar surface area (TPSA) is 55.0 Å². The van der Waals surface area contributed by atoms with Crippen molar-refractivity contribution in [3.05, 3.63) is 32.7 Å². The smallest absolute Gasteiger partial charge is 0.260 e. The van der Waals surface area contributed by atoms with Gasteiger partial charge in [-0.15, -0.1) is 22.7 Å². The number of H-pyrrole nitrogens is 1. The lowest BCUT2D eigenvalue weighted by Gasteiger charge is -2.01. The minimum Gasteiger partial charge on any atom is -0.384 e. The molecule has 0 aliphatic heterocycles. The molecule has 116 valence electrons. The second-order valence-corrected chi connectivity index (χ2v) is 7.74. The van der Waals surface area contributed by atoms with E-state index in [1.165, 1.54) is 16.6 Å². The minimum atomic E-state index is -0.0516. The third-order valence-corrected chi connectivity index (χ3v) is 6.18. The zero-order valence-corrected chi connectivity index (χ0v) is 14.8. The highest BCUT2D eigenvalue weighted by Crippen LogP contribution is 2.38. The fourth-order valence-corrected chi connectivity index (χ4v) is 5.07. The lowest BCUT2D eigenvalue weighted by Crippen LogP contribution is -2.09. The third-order valence-electron chi connectivity index (χ3n) is 3.23. The van der Waals surface area contributed by atoms with Crippen molar-refractivity contribution in [2.24, 2.45) is 0 Å². The van der Waals surface area contributed by atoms with E-state index in [-0.39, 0.29) is 5.56 Å². The van der Waals surface area contributed by atoms with Crippen LogP contribution in [0.4, 0.5) is 0 Å². The molecule has 0 bridgehead atoms. The van der Waals surface area contributed by atoms with Crippen LogP contribution in [0.2, 0.25) is 0 Å². The summed E-state index contributed by atoms with van der Waals surface area (Å²) in [5.41, 5.74) is 1.00. The van der Waals surface area contributed by atoms with Crippen LogP contribution in [0.1, 0.15) is 11.8 Å². The SMILES string of the molecule is CCc1sc2nc(SCCOC)[nH]c(=O)c2c1-c1cccs1. The summed E-state index contributed by atoms with van der Waals surface area (Å²) >= 11 is 4.79. The monoisotopic (exact) mass is 352 g/mol. The molecule has 0 spiro atoms. The van der Waals surface area contributed by atoms with E-state index < -0.39 is 0 Å². The third kappa shape index (κ3) is 2.99. The van der Waals surface area contributed by atoms with Gasteiger partial charge in [-0.1, -0.05) is 24.8 Å². The minimum absolute atomic E-state index is 0.0516. The first-order chi connectivity index (χ1) is 10.7. The molecule has 3 rings (SSSR count). The van der Waals surface area contributed by atoms with Gasteiger partial charge in [0.1, 0.15) is 4.83 Å². The number of ether oxygens (including phenoxy) is 1. The number of thiophene rings is 2. The molecule has 0 atom stereocenters. The number of hydrogen-bond donors (Lipinski definition) is 1. The number of fused-ring (bicyclic) bond motifs is 1. The zero-order chi connectivity index (χ0) is 15.5. The molecule has 3 aromatic rings. The molecule has 0 saturated carbocycles. The number of aromatic nitrogens is 2. The molecule has 0 amide bonds. The van der Waals surface area contributed by atoms with Crippen molar-refractivity contribution in [3.8, 4) is 10.4 Å². The highest BCUT2D eigenvalue weighted by atomic mass is 32.2. The van der Waals surface area contributed by atoms with Gasteiger partial charge in [-0.05, 0) is 17.9 Å². The van der Waals surface area contributed by atoms with Crippen LogP contribution in [0.3, 0.4) is 0 Å². The van der Waals surface area contributed by atoms with Crippen molar-refractivity contribution < 1.29 is 4.74 Å². The fourth-order valence-electron chi connectivity index (χ4n) is 2.25. The molecule has 4 nitrogen and oxygen atoms in total. The maximum atomic E-state index is 12.5. The number of methoxy groups -OCH3 is 1. The first kappa shape index (κ1) is 15.7. The van der Waals surface area contributed by atoms with Gasteiger partial charge in [0.25, 0.3) is 5.56 Å². The summed E-state index contributed by atoms with van der Waals surface area (Å²) in [6, 6.07) is 4.07. The van der Waals surface area contributed by atoms with Crippen molar-refractivity contribution in [3.63, 3.8) is 0 Å². The molecule has 0 aliphatic carbocycles. The number of rotatable bonds is 6. The normalized spacial score (nSPS) is 11.4. The molecule has 22 heavy (non-hydrogen) atoms. The Morgan fingerprint density at radius 3 is 3.00 bits per heavy atom. The largest absolute Gasteiger partial charge is 0.384 e. The Labute approximate surface area is 140 Å². The fraction of sp³-hybridized carbons (Fsp3) is 0.333. The van der Waals surface area contributed by atoms with Crippen molar-refractivity contribution in [2.75, 3.05) is 19.5 Å². The Bertz CT molecular complexity index is 821. The number of aryl methyl sites for hydroxylation is 1. The van der Waals surface area contributed by atoms with E-state index in [0.29, 0.717) is 11.8 Å². The summed E-state index contributed by atoms with van der Waals surface area (Å²) in [6.07, 6.45) is 0.903. The summed E-state index contributed by atoms with van der Waals surface area (Å²) in [6.45, 7) is 2.75. The summed E-state index contributed by atoms with van der Waals surface area (Å²) in [4.78, 5) is 23.2. The Balaban J connectivity index is 2.11. The molecule has 0 unspecified atom stereocenters. The highest BCUT2D eigenvalue weighted by molar-refractivity contribution is 7.99. The van der Waals surface area contributed by atoms with Crippen molar-refractivity contribution in [1.29, 1.82) is 0 Å². The van der Waals surface area contributed by atoms with Crippen molar-refractivity contribution in [2.45, 2.75) is 18.5 Å². The quantitative estimate of drug-likeness (QED) is 0.414. The van der Waals surface area contributed by atoms with Crippen LogP contribution in [0.5, 0.6) is 0 Å². The van der Waals surface area contributed by atoms with E-state index in [0.717, 1.165) is 32.8 Å². The van der Waals surface area contributed by atoms with E-state index in [4.69, 9.17) is 4.74 Å². The van der Waals surface area contributed by atoms with Crippen LogP contribution in [-0.2, 0) is 11.2 Å². The van der Waals surface area contributed by atoms with Gasteiger partial charge in [-0.2, -0.15) is 0 Å². The number of hydrogen-bond acceptors (Lipinski definition) is 6. The number of nitrogens with one attached hydrogen (secondary N) is 1. The van der Waals surface area contributed by atoms with Crippen molar-refractivity contribution >= 4 is 44.7 Å². The van der Waals surface area contributed by atoms with Gasteiger partial charge < -0.3 is 9.72 Å². The van der Waals surface area contributed by atoms with Gasteiger partial charge in [-0.25, -0.2) is 4.98 Å². The maximum absolute atomic E-state index is 12.5. The first-order valence-electron chi connectivity index (χ1n) is 6.96. The maximum Gasteiger partial charge on any atom is 0.260 e. The Kier molecular flexibility index (Phi) is 4.97. The summed E-state index contributed by atoms with van der Waals surface area (Å²) in [7, 11) is 1.67. The van der Waals surface area contributed by atoms with Crippen LogP contribution in [-0.4, -0.2) is 29.4 Å². The second kappa shape index (κ2) is 6.95. The Morgan fingerprint density at radius 1 is 1.45 bits per heavy atom. The molecule has 1 N–H and O–H groups in total. The molecule has 3 heterocycles. The molecule has 0 fully saturated rings. The van der Waals surface area contributed by atoms with Gasteiger partial charge >= 0.3 is 0 Å². The molecule has 0 aromatic carbocycles. The van der Waals surface area contributed by atoms with Crippen LogP contribution in [0.25, 0.3) is 20.7 Å². The molecule has 0 radical (unpaired) electrons. The van der Waals surface area contributed by atoms with Gasteiger partial charge in [-0.3, -0.25) is 4.79 Å². The lowest BCUT2D eigenvalue weighted by atomic mass is 10.1. The second-order valence-electron chi connectivity index (χ2n) is 4.62. The van der Waals surface area contributed by atoms with Crippen LogP contribution < -0.4 is 5.56 Å². The van der Waals surface area contributed by atoms with E-state index in [1.54, 1.807) is 29.8 Å². The van der Waals surface area contributed by atoms with Gasteiger partial charge in [0.2, 0.25) is 0 Å². The molecular weight excluding hydrogens is 336 g/mol. The molecule has 0 aliphatic rings. The van der Waals surface area contributed by atoms with Crippen LogP contribution in [0, 0.1) is 0 Å². The predicted molar refractivity (Wildman–Crippen MR) is 95.5 cm³/mol. The van der Waals surface area contributed by atoms with Gasteiger partial charge in [0, 0.05) is 28.2 Å². The lowest BCUT2D eigenvalue weighted by molar-refractivity contribution is 0.218. The zero-order valence-electron chi connectivity index (χ0n) is 12.3. The van der Waals surface area contributed by atoms with E-state index in [9.17, 15) is 4.79 Å². The molecular formula is C15H16N2O2S3. The van der Waals surface area contributed by atoms with Gasteiger partial charge in [0.05, 0.1) is 12.0 Å². The van der Waals surface area contributed by atoms with Gasteiger partial charge in [0.15, 0.2) is 5.16 Å². The number of thioether (sulfide) groups is 1. The Morgan fingerprint density at radius 2 is 2.32 bits per heavy atom. The Hall–Kier alpha value is -1.15. The first-order valence-corrected chi connectivity index (χ1v) is 9.64. The standard InChI is InChI=1S/C15H16N2O2S3/c1-3-9-11(10-5-4-7-20-10)12-13(18)16-15(17-14(12)22-9)21-8-6-19-2/h4-5,7H,3,6,8H2,1-2H3,(H,16,17,18). The summed E-state index contributed by atoms with van der Waals surface area (Å²) < 4.78 is 5.03. The van der Waals surface area contributed by atoms with E-state index in [2.05, 4.69) is 23.0 Å². The molecule has 0 saturated heterocycles. The predicted octanol–water partition coefficient (Wildman–Crippen LogP) is 4.01. The van der Waals surface area contributed by atoms with Crippen LogP contribution >= 0.6 is 34.4 Å². The molecule has 7 heteroatoms. The highest BCUT2D eigenvalue weighted by Gasteiger charge is 2.18. The van der Waals surface area contributed by atoms with E-state index in [1.807, 2.05) is 11.4 Å². The average Bonchev–Trinajstić information content (AvgIpc) is 3.13. The van der Waals surface area contributed by atoms with E-state index >= 15 is 0 Å². The average molecular weight is 353 g/mol. The number of nitrogens with zero attached hydrogens (tertiary/aromatic N) is 1.